The van der Waals surface area contributed by atoms with Gasteiger partial charge < -0.3 is 5.73 Å². The van der Waals surface area contributed by atoms with Crippen molar-refractivity contribution in [3.8, 4) is 17.2 Å². The molecule has 2 fully saturated rings. The van der Waals surface area contributed by atoms with Crippen LogP contribution in [-0.4, -0.2) is 23.5 Å². The van der Waals surface area contributed by atoms with Crippen LogP contribution < -0.4 is 16.6 Å². The molecule has 1 aliphatic heterocycles. The Morgan fingerprint density at radius 2 is 2.14 bits per heavy atom. The number of rotatable bonds is 3. The Labute approximate surface area is 162 Å². The number of carbonyl (C=O) groups excluding carboxylic acids is 1. The average Bonchev–Trinajstić information content (AvgIpc) is 2.74. The molecule has 2 aromatic rings. The van der Waals surface area contributed by atoms with Crippen molar-refractivity contribution in [2.75, 3.05) is 6.54 Å². The number of pyridine rings is 1. The fourth-order valence-corrected chi connectivity index (χ4v) is 4.56. The molecule has 1 aromatic heterocycles. The predicted octanol–water partition coefficient (Wildman–Crippen LogP) is 2.22. The summed E-state index contributed by atoms with van der Waals surface area (Å²) >= 11 is 0. The SMILES string of the molecule is N#Cc1cc(F)ccc1-c1cncc(C2CCC3C(=O)NNC(CN)C3C2)c1. The van der Waals surface area contributed by atoms with Gasteiger partial charge in [-0.25, -0.2) is 9.82 Å². The van der Waals surface area contributed by atoms with Gasteiger partial charge in [-0.1, -0.05) is 6.07 Å². The van der Waals surface area contributed by atoms with Crippen molar-refractivity contribution in [2.24, 2.45) is 17.6 Å². The number of amides is 1. The number of nitriles is 1. The van der Waals surface area contributed by atoms with Crippen LogP contribution >= 0.6 is 0 Å². The second kappa shape index (κ2) is 7.66. The van der Waals surface area contributed by atoms with Crippen LogP contribution in [0.15, 0.2) is 36.7 Å². The van der Waals surface area contributed by atoms with E-state index in [4.69, 9.17) is 5.73 Å². The third-order valence-corrected chi connectivity index (χ3v) is 6.03. The van der Waals surface area contributed by atoms with E-state index in [1.807, 2.05) is 12.3 Å². The van der Waals surface area contributed by atoms with Crippen LogP contribution in [0.1, 0.15) is 36.3 Å². The first kappa shape index (κ1) is 18.5. The van der Waals surface area contributed by atoms with Gasteiger partial charge in [-0.2, -0.15) is 5.26 Å². The number of halogens is 1. The van der Waals surface area contributed by atoms with Crippen LogP contribution in [0.25, 0.3) is 11.1 Å². The van der Waals surface area contributed by atoms with Crippen molar-refractivity contribution in [1.82, 2.24) is 15.8 Å². The maximum absolute atomic E-state index is 13.5. The summed E-state index contributed by atoms with van der Waals surface area (Å²) in [7, 11) is 0. The molecule has 28 heavy (non-hydrogen) atoms. The highest BCUT2D eigenvalue weighted by Gasteiger charge is 2.42. The lowest BCUT2D eigenvalue weighted by molar-refractivity contribution is -0.133. The van der Waals surface area contributed by atoms with Crippen molar-refractivity contribution in [2.45, 2.75) is 31.2 Å². The number of fused-ring (bicyclic) bond motifs is 1. The second-order valence-corrected chi connectivity index (χ2v) is 7.56. The van der Waals surface area contributed by atoms with E-state index in [9.17, 15) is 14.4 Å². The Kier molecular flexibility index (Phi) is 5.07. The van der Waals surface area contributed by atoms with Gasteiger partial charge in [-0.3, -0.25) is 15.2 Å². The van der Waals surface area contributed by atoms with Gasteiger partial charge in [0.2, 0.25) is 5.91 Å². The Morgan fingerprint density at radius 3 is 2.93 bits per heavy atom. The van der Waals surface area contributed by atoms with Crippen LogP contribution in [-0.2, 0) is 4.79 Å². The minimum Gasteiger partial charge on any atom is -0.329 e. The minimum absolute atomic E-state index is 0.00974. The second-order valence-electron chi connectivity index (χ2n) is 7.56. The van der Waals surface area contributed by atoms with Crippen LogP contribution in [0.5, 0.6) is 0 Å². The third-order valence-electron chi connectivity index (χ3n) is 6.03. The average molecular weight is 379 g/mol. The highest BCUT2D eigenvalue weighted by molar-refractivity contribution is 5.79. The number of carbonyl (C=O) groups is 1. The first-order chi connectivity index (χ1) is 13.6. The van der Waals surface area contributed by atoms with Gasteiger partial charge >= 0.3 is 0 Å². The summed E-state index contributed by atoms with van der Waals surface area (Å²) < 4.78 is 13.5. The molecule has 0 radical (unpaired) electrons. The van der Waals surface area contributed by atoms with Crippen molar-refractivity contribution in [1.29, 1.82) is 5.26 Å². The summed E-state index contributed by atoms with van der Waals surface area (Å²) in [6.07, 6.45) is 6.10. The Bertz CT molecular complexity index is 941. The Balaban J connectivity index is 1.62. The van der Waals surface area contributed by atoms with E-state index < -0.39 is 5.82 Å². The molecule has 1 aromatic carbocycles. The molecule has 6 nitrogen and oxygen atoms in total. The smallest absolute Gasteiger partial charge is 0.237 e. The number of aromatic nitrogens is 1. The fraction of sp³-hybridized carbons (Fsp3) is 0.381. The molecule has 1 saturated carbocycles. The molecule has 1 amide bonds. The lowest BCUT2D eigenvalue weighted by Crippen LogP contribution is -2.62. The third kappa shape index (κ3) is 3.37. The van der Waals surface area contributed by atoms with Crippen molar-refractivity contribution < 1.29 is 9.18 Å². The molecule has 0 bridgehead atoms. The molecule has 1 aliphatic carbocycles. The zero-order valence-corrected chi connectivity index (χ0v) is 15.4. The zero-order chi connectivity index (χ0) is 19.7. The number of hydrogen-bond donors (Lipinski definition) is 3. The Morgan fingerprint density at radius 1 is 1.29 bits per heavy atom. The van der Waals surface area contributed by atoms with Gasteiger partial charge in [0.05, 0.1) is 11.6 Å². The van der Waals surface area contributed by atoms with Crippen molar-refractivity contribution in [3.63, 3.8) is 0 Å². The fourth-order valence-electron chi connectivity index (χ4n) is 4.56. The molecule has 144 valence electrons. The van der Waals surface area contributed by atoms with Crippen LogP contribution in [0.4, 0.5) is 4.39 Å². The molecular formula is C21H22FN5O. The lowest BCUT2D eigenvalue weighted by atomic mass is 9.68. The monoisotopic (exact) mass is 379 g/mol. The van der Waals surface area contributed by atoms with E-state index in [0.29, 0.717) is 17.7 Å². The number of hydrogen-bond acceptors (Lipinski definition) is 5. The predicted molar refractivity (Wildman–Crippen MR) is 102 cm³/mol. The molecule has 7 heteroatoms. The van der Waals surface area contributed by atoms with Crippen molar-refractivity contribution in [3.05, 3.63) is 53.6 Å². The number of hydrazine groups is 1. The van der Waals surface area contributed by atoms with Gasteiger partial charge in [0.15, 0.2) is 0 Å². The first-order valence-corrected chi connectivity index (χ1v) is 9.51. The summed E-state index contributed by atoms with van der Waals surface area (Å²) in [5.74, 6) is 0.0520. The minimum atomic E-state index is -0.432. The normalized spacial score (nSPS) is 26.8. The highest BCUT2D eigenvalue weighted by atomic mass is 19.1. The number of nitrogens with one attached hydrogen (secondary N) is 2. The molecule has 4 atom stereocenters. The van der Waals surface area contributed by atoms with Gasteiger partial charge in [0.1, 0.15) is 5.82 Å². The summed E-state index contributed by atoms with van der Waals surface area (Å²) in [6, 6.07) is 8.35. The molecule has 1 saturated heterocycles. The first-order valence-electron chi connectivity index (χ1n) is 9.51. The van der Waals surface area contributed by atoms with Crippen LogP contribution in [0.2, 0.25) is 0 Å². The van der Waals surface area contributed by atoms with E-state index in [1.165, 1.54) is 12.1 Å². The summed E-state index contributed by atoms with van der Waals surface area (Å²) in [5.41, 5.74) is 14.5. The van der Waals surface area contributed by atoms with Crippen LogP contribution in [0, 0.1) is 29.0 Å². The van der Waals surface area contributed by atoms with Gasteiger partial charge in [-0.15, -0.1) is 0 Å². The van der Waals surface area contributed by atoms with Gasteiger partial charge in [0, 0.05) is 42.0 Å². The molecular weight excluding hydrogens is 357 g/mol. The zero-order valence-electron chi connectivity index (χ0n) is 15.4. The Hall–Kier alpha value is -2.82. The van der Waals surface area contributed by atoms with E-state index in [1.54, 1.807) is 12.3 Å². The number of nitrogens with zero attached hydrogens (tertiary/aromatic N) is 2. The standard InChI is InChI=1S/C21H22FN5O/c22-16-2-4-17(13(6-16)8-23)15-5-14(10-25-11-15)12-1-3-18-19(7-12)20(9-24)26-27-21(18)28/h2,4-6,10-12,18-20,26H,1,3,7,9,24H2,(H,27,28). The molecule has 0 spiro atoms. The summed E-state index contributed by atoms with van der Waals surface area (Å²) in [5, 5.41) is 9.34. The van der Waals surface area contributed by atoms with E-state index in [0.717, 1.165) is 30.4 Å². The van der Waals surface area contributed by atoms with Crippen LogP contribution in [0.3, 0.4) is 0 Å². The topological polar surface area (TPSA) is 104 Å². The van der Waals surface area contributed by atoms with Gasteiger partial charge in [0.25, 0.3) is 0 Å². The maximum atomic E-state index is 13.5. The quantitative estimate of drug-likeness (QED) is 0.759. The molecule has 2 aliphatic rings. The van der Waals surface area contributed by atoms with E-state index in [-0.39, 0.29) is 29.7 Å². The molecule has 4 N–H and O–H groups in total. The van der Waals surface area contributed by atoms with Crippen molar-refractivity contribution >= 4 is 5.91 Å². The highest BCUT2D eigenvalue weighted by Crippen LogP contribution is 2.42. The van der Waals surface area contributed by atoms with Gasteiger partial charge in [-0.05, 0) is 54.9 Å². The number of benzene rings is 1. The molecule has 2 heterocycles. The largest absolute Gasteiger partial charge is 0.329 e. The lowest BCUT2D eigenvalue weighted by Gasteiger charge is -2.43. The maximum Gasteiger partial charge on any atom is 0.237 e. The summed E-state index contributed by atoms with van der Waals surface area (Å²) in [4.78, 5) is 16.6. The van der Waals surface area contributed by atoms with E-state index in [2.05, 4.69) is 21.9 Å². The number of nitrogens with two attached hydrogens (primary N) is 1. The van der Waals surface area contributed by atoms with E-state index >= 15 is 0 Å². The summed E-state index contributed by atoms with van der Waals surface area (Å²) in [6.45, 7) is 0.466. The molecule has 4 rings (SSSR count). The molecule has 4 unspecified atom stereocenters.